The number of carbonyl (C=O) groups excluding carboxylic acids is 2. The number of hydrogen-bond acceptors (Lipinski definition) is 4. The number of methoxy groups -OCH3 is 1. The fraction of sp³-hybridized carbons (Fsp3) is 0.867. The molecule has 2 saturated heterocycles. The van der Waals surface area contributed by atoms with Crippen LogP contribution in [0.15, 0.2) is 0 Å². The summed E-state index contributed by atoms with van der Waals surface area (Å²) in [6, 6.07) is 0.0391. The van der Waals surface area contributed by atoms with Gasteiger partial charge in [0.1, 0.15) is 0 Å². The van der Waals surface area contributed by atoms with Crippen LogP contribution in [-0.4, -0.2) is 85.5 Å². The van der Waals surface area contributed by atoms with Crippen molar-refractivity contribution in [2.24, 2.45) is 5.92 Å². The highest BCUT2D eigenvalue weighted by Crippen LogP contribution is 2.23. The Morgan fingerprint density at radius 3 is 2.57 bits per heavy atom. The lowest BCUT2D eigenvalue weighted by Crippen LogP contribution is -2.50. The van der Waals surface area contributed by atoms with Gasteiger partial charge in [-0.05, 0) is 13.5 Å². The SMILES string of the molecule is CCN1CCN(C(=O)[C@@H]2CC(=O)N([C@H](C)COC)C2)CC1. The summed E-state index contributed by atoms with van der Waals surface area (Å²) < 4.78 is 5.11. The fourth-order valence-electron chi connectivity index (χ4n) is 3.20. The minimum Gasteiger partial charge on any atom is -0.383 e. The number of nitrogens with zero attached hydrogens (tertiary/aromatic N) is 3. The van der Waals surface area contributed by atoms with Gasteiger partial charge in [0, 0.05) is 46.3 Å². The van der Waals surface area contributed by atoms with E-state index < -0.39 is 0 Å². The molecule has 120 valence electrons. The zero-order chi connectivity index (χ0) is 15.4. The van der Waals surface area contributed by atoms with Crippen LogP contribution in [0.2, 0.25) is 0 Å². The molecule has 2 amide bonds. The summed E-state index contributed by atoms with van der Waals surface area (Å²) in [7, 11) is 1.63. The van der Waals surface area contributed by atoms with Crippen LogP contribution in [0.5, 0.6) is 0 Å². The van der Waals surface area contributed by atoms with Gasteiger partial charge in [0.15, 0.2) is 0 Å². The molecule has 0 radical (unpaired) electrons. The predicted molar refractivity (Wildman–Crippen MR) is 79.9 cm³/mol. The molecule has 2 fully saturated rings. The molecule has 2 aliphatic heterocycles. The van der Waals surface area contributed by atoms with Crippen LogP contribution in [-0.2, 0) is 14.3 Å². The molecule has 2 atom stereocenters. The average molecular weight is 297 g/mol. The molecule has 2 aliphatic rings. The Morgan fingerprint density at radius 1 is 1.33 bits per heavy atom. The van der Waals surface area contributed by atoms with Gasteiger partial charge >= 0.3 is 0 Å². The van der Waals surface area contributed by atoms with Crippen molar-refractivity contribution in [3.63, 3.8) is 0 Å². The zero-order valence-corrected chi connectivity index (χ0v) is 13.4. The summed E-state index contributed by atoms with van der Waals surface area (Å²) in [5, 5.41) is 0. The van der Waals surface area contributed by atoms with Crippen LogP contribution in [0.1, 0.15) is 20.3 Å². The Labute approximate surface area is 127 Å². The lowest BCUT2D eigenvalue weighted by atomic mass is 10.1. The lowest BCUT2D eigenvalue weighted by molar-refractivity contribution is -0.137. The third kappa shape index (κ3) is 3.74. The molecular weight excluding hydrogens is 270 g/mol. The Hall–Kier alpha value is -1.14. The van der Waals surface area contributed by atoms with E-state index in [9.17, 15) is 9.59 Å². The van der Waals surface area contributed by atoms with E-state index in [0.717, 1.165) is 32.7 Å². The molecule has 6 nitrogen and oxygen atoms in total. The van der Waals surface area contributed by atoms with E-state index in [-0.39, 0.29) is 23.8 Å². The standard InChI is InChI=1S/C15H27N3O3/c1-4-16-5-7-17(8-6-16)15(20)13-9-14(19)18(10-13)12(2)11-21-3/h12-13H,4-11H2,1-3H3/t12-,13-/m1/s1. The maximum atomic E-state index is 12.6. The molecule has 2 heterocycles. The van der Waals surface area contributed by atoms with Crippen LogP contribution in [0, 0.1) is 5.92 Å². The van der Waals surface area contributed by atoms with Crippen LogP contribution >= 0.6 is 0 Å². The molecule has 0 aliphatic carbocycles. The van der Waals surface area contributed by atoms with Gasteiger partial charge in [-0.25, -0.2) is 0 Å². The van der Waals surface area contributed by atoms with E-state index in [1.807, 2.05) is 11.8 Å². The van der Waals surface area contributed by atoms with Crippen molar-refractivity contribution >= 4 is 11.8 Å². The summed E-state index contributed by atoms with van der Waals surface area (Å²) in [6.45, 7) is 9.64. The van der Waals surface area contributed by atoms with Gasteiger partial charge in [0.05, 0.1) is 18.6 Å². The van der Waals surface area contributed by atoms with E-state index in [1.165, 1.54) is 0 Å². The number of likely N-dealkylation sites (tertiary alicyclic amines) is 1. The molecule has 0 aromatic carbocycles. The van der Waals surface area contributed by atoms with Crippen LogP contribution in [0.25, 0.3) is 0 Å². The van der Waals surface area contributed by atoms with Crippen molar-refractivity contribution in [2.45, 2.75) is 26.3 Å². The van der Waals surface area contributed by atoms with Crippen LogP contribution < -0.4 is 0 Å². The Bertz CT molecular complexity index is 380. The highest BCUT2D eigenvalue weighted by atomic mass is 16.5. The predicted octanol–water partition coefficient (Wildman–Crippen LogP) is 0.0339. The molecule has 0 bridgehead atoms. The number of rotatable bonds is 5. The van der Waals surface area contributed by atoms with Gasteiger partial charge in [-0.2, -0.15) is 0 Å². The lowest BCUT2D eigenvalue weighted by Gasteiger charge is -2.35. The fourth-order valence-corrected chi connectivity index (χ4v) is 3.20. The summed E-state index contributed by atoms with van der Waals surface area (Å²) >= 11 is 0. The molecule has 6 heteroatoms. The monoisotopic (exact) mass is 297 g/mol. The molecule has 21 heavy (non-hydrogen) atoms. The highest BCUT2D eigenvalue weighted by Gasteiger charge is 2.38. The second-order valence-corrected chi connectivity index (χ2v) is 6.01. The number of likely N-dealkylation sites (N-methyl/N-ethyl adjacent to an activating group) is 1. The first-order chi connectivity index (χ1) is 10.1. The van der Waals surface area contributed by atoms with E-state index in [4.69, 9.17) is 4.74 Å². The minimum atomic E-state index is -0.176. The highest BCUT2D eigenvalue weighted by molar-refractivity contribution is 5.89. The minimum absolute atomic E-state index is 0.0391. The van der Waals surface area contributed by atoms with E-state index >= 15 is 0 Å². The van der Waals surface area contributed by atoms with Crippen molar-refractivity contribution in [3.05, 3.63) is 0 Å². The average Bonchev–Trinajstić information content (AvgIpc) is 2.89. The molecule has 0 aromatic heterocycles. The molecule has 0 saturated carbocycles. The van der Waals surface area contributed by atoms with Gasteiger partial charge in [-0.3, -0.25) is 9.59 Å². The Morgan fingerprint density at radius 2 is 2.00 bits per heavy atom. The molecule has 0 spiro atoms. The second-order valence-electron chi connectivity index (χ2n) is 6.01. The van der Waals surface area contributed by atoms with Gasteiger partial charge in [0.2, 0.25) is 11.8 Å². The molecular formula is C15H27N3O3. The van der Waals surface area contributed by atoms with Crippen LogP contribution in [0.3, 0.4) is 0 Å². The number of carbonyl (C=O) groups is 2. The number of hydrogen-bond donors (Lipinski definition) is 0. The topological polar surface area (TPSA) is 53.1 Å². The van der Waals surface area contributed by atoms with Crippen molar-refractivity contribution in [3.8, 4) is 0 Å². The first-order valence-corrected chi connectivity index (χ1v) is 7.86. The number of amides is 2. The largest absolute Gasteiger partial charge is 0.383 e. The van der Waals surface area contributed by atoms with Crippen molar-refractivity contribution in [2.75, 3.05) is 53.0 Å². The molecule has 0 N–H and O–H groups in total. The third-order valence-electron chi connectivity index (χ3n) is 4.58. The van der Waals surface area contributed by atoms with Crippen LogP contribution in [0.4, 0.5) is 0 Å². The summed E-state index contributed by atoms with van der Waals surface area (Å²) in [5.41, 5.74) is 0. The summed E-state index contributed by atoms with van der Waals surface area (Å²) in [5.74, 6) is 0.0429. The maximum Gasteiger partial charge on any atom is 0.228 e. The van der Waals surface area contributed by atoms with E-state index in [1.54, 1.807) is 12.0 Å². The van der Waals surface area contributed by atoms with Crippen molar-refractivity contribution < 1.29 is 14.3 Å². The summed E-state index contributed by atoms with van der Waals surface area (Å²) in [4.78, 5) is 30.7. The van der Waals surface area contributed by atoms with E-state index in [0.29, 0.717) is 19.6 Å². The van der Waals surface area contributed by atoms with Gasteiger partial charge in [-0.1, -0.05) is 6.92 Å². The quantitative estimate of drug-likeness (QED) is 0.719. The first-order valence-electron chi connectivity index (χ1n) is 7.86. The molecule has 2 rings (SSSR count). The Kier molecular flexibility index (Phi) is 5.58. The number of ether oxygens (including phenoxy) is 1. The number of piperazine rings is 1. The van der Waals surface area contributed by atoms with E-state index in [2.05, 4.69) is 11.8 Å². The molecule has 0 unspecified atom stereocenters. The summed E-state index contributed by atoms with van der Waals surface area (Å²) in [6.07, 6.45) is 0.348. The zero-order valence-electron chi connectivity index (χ0n) is 13.4. The van der Waals surface area contributed by atoms with Gasteiger partial charge < -0.3 is 19.4 Å². The second kappa shape index (κ2) is 7.22. The van der Waals surface area contributed by atoms with Gasteiger partial charge in [-0.15, -0.1) is 0 Å². The normalized spacial score (nSPS) is 25.5. The third-order valence-corrected chi connectivity index (χ3v) is 4.58. The first kappa shape index (κ1) is 16.2. The maximum absolute atomic E-state index is 12.6. The van der Waals surface area contributed by atoms with Crippen molar-refractivity contribution in [1.29, 1.82) is 0 Å². The smallest absolute Gasteiger partial charge is 0.228 e. The van der Waals surface area contributed by atoms with Gasteiger partial charge in [0.25, 0.3) is 0 Å². The molecule has 0 aromatic rings. The Balaban J connectivity index is 1.88. The van der Waals surface area contributed by atoms with Crippen molar-refractivity contribution in [1.82, 2.24) is 14.7 Å².